The lowest BCUT2D eigenvalue weighted by molar-refractivity contribution is 0.452. The highest BCUT2D eigenvalue weighted by molar-refractivity contribution is 5.89. The van der Waals surface area contributed by atoms with Crippen LogP contribution in [0.4, 0.5) is 0 Å². The molecule has 11 heavy (non-hydrogen) atoms. The van der Waals surface area contributed by atoms with Gasteiger partial charge in [0.1, 0.15) is 0 Å². The summed E-state index contributed by atoms with van der Waals surface area (Å²) in [7, 11) is 3.93. The molecule has 0 unspecified atom stereocenters. The zero-order valence-corrected chi connectivity index (χ0v) is 7.52. The molecule has 0 aliphatic rings. The first-order chi connectivity index (χ1) is 5.16. The van der Waals surface area contributed by atoms with E-state index in [9.17, 15) is 0 Å². The Hall–Kier alpha value is -0.830. The van der Waals surface area contributed by atoms with Crippen LogP contribution in [0.2, 0.25) is 0 Å². The maximum absolute atomic E-state index is 7.14. The average molecular weight is 155 g/mol. The van der Waals surface area contributed by atoms with Gasteiger partial charge in [0.15, 0.2) is 0 Å². The minimum absolute atomic E-state index is 0.585. The maximum Gasteiger partial charge on any atom is 0.0297 e. The highest BCUT2D eigenvalue weighted by Crippen LogP contribution is 1.83. The van der Waals surface area contributed by atoms with Gasteiger partial charge in [0, 0.05) is 32.0 Å². The second-order valence-electron chi connectivity index (χ2n) is 2.58. The molecule has 0 rings (SSSR count). The third-order valence-electron chi connectivity index (χ3n) is 1.29. The van der Waals surface area contributed by atoms with E-state index in [1.165, 1.54) is 0 Å². The molecule has 0 aromatic rings. The quantitative estimate of drug-likeness (QED) is 0.573. The minimum atomic E-state index is 0.585. The van der Waals surface area contributed by atoms with Crippen molar-refractivity contribution in [1.82, 2.24) is 10.2 Å². The number of nitrogens with zero attached hydrogens (tertiary/aromatic N) is 1. The summed E-state index contributed by atoms with van der Waals surface area (Å²) >= 11 is 0. The Morgan fingerprint density at radius 1 is 1.64 bits per heavy atom. The third-order valence-corrected chi connectivity index (χ3v) is 1.29. The number of nitrogens with one attached hydrogen (secondary N) is 2. The summed E-state index contributed by atoms with van der Waals surface area (Å²) in [6, 6.07) is 0. The molecule has 0 aliphatic heterocycles. The van der Waals surface area contributed by atoms with E-state index in [2.05, 4.69) is 10.2 Å². The number of allylic oxidation sites excluding steroid dienone is 1. The Balaban J connectivity index is 3.50. The molecule has 0 heterocycles. The Morgan fingerprint density at radius 3 is 2.73 bits per heavy atom. The van der Waals surface area contributed by atoms with Gasteiger partial charge in [-0.25, -0.2) is 0 Å². The Morgan fingerprint density at radius 2 is 2.27 bits per heavy atom. The highest BCUT2D eigenvalue weighted by atomic mass is 15.1. The van der Waals surface area contributed by atoms with Gasteiger partial charge in [0.05, 0.1) is 0 Å². The lowest BCUT2D eigenvalue weighted by Crippen LogP contribution is -2.23. The maximum atomic E-state index is 7.14. The van der Waals surface area contributed by atoms with Gasteiger partial charge in [0.25, 0.3) is 0 Å². The van der Waals surface area contributed by atoms with Crippen LogP contribution in [0, 0.1) is 5.41 Å². The van der Waals surface area contributed by atoms with Crippen LogP contribution < -0.4 is 5.32 Å². The fourth-order valence-electron chi connectivity index (χ4n) is 0.602. The van der Waals surface area contributed by atoms with Gasteiger partial charge in [-0.1, -0.05) is 0 Å². The van der Waals surface area contributed by atoms with Gasteiger partial charge in [0.2, 0.25) is 0 Å². The second kappa shape index (κ2) is 5.92. The lowest BCUT2D eigenvalue weighted by Gasteiger charge is -2.12. The van der Waals surface area contributed by atoms with E-state index in [0.29, 0.717) is 5.71 Å². The van der Waals surface area contributed by atoms with E-state index < -0.39 is 0 Å². The molecule has 0 fully saturated rings. The normalized spacial score (nSPS) is 10.5. The van der Waals surface area contributed by atoms with Gasteiger partial charge in [-0.3, -0.25) is 0 Å². The van der Waals surface area contributed by atoms with Crippen molar-refractivity contribution in [3.63, 3.8) is 0 Å². The molecule has 3 heteroatoms. The van der Waals surface area contributed by atoms with Crippen molar-refractivity contribution >= 4 is 5.71 Å². The second-order valence-corrected chi connectivity index (χ2v) is 2.58. The summed E-state index contributed by atoms with van der Waals surface area (Å²) in [4.78, 5) is 2.05. The molecule has 0 atom stereocenters. The molecular formula is C8H17N3. The van der Waals surface area contributed by atoms with Crippen LogP contribution >= 0.6 is 0 Å². The van der Waals surface area contributed by atoms with Crippen LogP contribution in [0.15, 0.2) is 12.3 Å². The van der Waals surface area contributed by atoms with Crippen molar-refractivity contribution in [3.05, 3.63) is 12.3 Å². The van der Waals surface area contributed by atoms with Crippen molar-refractivity contribution in [2.24, 2.45) is 0 Å². The predicted molar refractivity (Wildman–Crippen MR) is 49.1 cm³/mol. The van der Waals surface area contributed by atoms with Crippen molar-refractivity contribution in [3.8, 4) is 0 Å². The van der Waals surface area contributed by atoms with E-state index >= 15 is 0 Å². The minimum Gasteiger partial charge on any atom is -0.379 e. The molecule has 0 spiro atoms. The number of likely N-dealkylation sites (N-methyl/N-ethyl adjacent to an activating group) is 2. The van der Waals surface area contributed by atoms with E-state index in [0.717, 1.165) is 13.1 Å². The number of hydrogen-bond acceptors (Lipinski definition) is 3. The lowest BCUT2D eigenvalue weighted by atomic mass is 10.4. The summed E-state index contributed by atoms with van der Waals surface area (Å²) in [6.45, 7) is 3.71. The van der Waals surface area contributed by atoms with E-state index in [1.807, 2.05) is 20.3 Å². The van der Waals surface area contributed by atoms with Crippen LogP contribution in [0.1, 0.15) is 6.92 Å². The molecule has 64 valence electrons. The van der Waals surface area contributed by atoms with Crippen molar-refractivity contribution in [2.75, 3.05) is 27.2 Å². The monoisotopic (exact) mass is 155 g/mol. The largest absolute Gasteiger partial charge is 0.379 e. The van der Waals surface area contributed by atoms with Crippen LogP contribution in [-0.2, 0) is 0 Å². The summed E-state index contributed by atoms with van der Waals surface area (Å²) in [6.07, 6.45) is 3.70. The van der Waals surface area contributed by atoms with Crippen LogP contribution in [-0.4, -0.2) is 37.8 Å². The summed E-state index contributed by atoms with van der Waals surface area (Å²) in [5.74, 6) is 0. The van der Waals surface area contributed by atoms with Crippen LogP contribution in [0.3, 0.4) is 0 Å². The van der Waals surface area contributed by atoms with Gasteiger partial charge in [-0.2, -0.15) is 0 Å². The first-order valence-electron chi connectivity index (χ1n) is 3.75. The molecule has 0 saturated heterocycles. The van der Waals surface area contributed by atoms with Gasteiger partial charge in [-0.05, 0) is 20.0 Å². The van der Waals surface area contributed by atoms with Crippen molar-refractivity contribution < 1.29 is 0 Å². The van der Waals surface area contributed by atoms with Crippen LogP contribution in [0.5, 0.6) is 0 Å². The van der Waals surface area contributed by atoms with Gasteiger partial charge >= 0.3 is 0 Å². The molecule has 3 nitrogen and oxygen atoms in total. The summed E-state index contributed by atoms with van der Waals surface area (Å²) < 4.78 is 0. The third kappa shape index (κ3) is 7.06. The molecular weight excluding hydrogens is 138 g/mol. The van der Waals surface area contributed by atoms with Gasteiger partial charge < -0.3 is 15.6 Å². The standard InChI is InChI=1S/C8H17N3/c1-8(9)4-6-11(3)7-5-10-2/h4,6,9-10H,5,7H2,1-3H3/b6-4+,9-8?. The Kier molecular flexibility index (Phi) is 5.47. The average Bonchev–Trinajstić information content (AvgIpc) is 1.97. The van der Waals surface area contributed by atoms with Gasteiger partial charge in [-0.15, -0.1) is 0 Å². The molecule has 0 aromatic carbocycles. The molecule has 0 amide bonds. The molecule has 0 aromatic heterocycles. The molecule has 0 radical (unpaired) electrons. The number of rotatable bonds is 5. The SMILES string of the molecule is CNCCN(C)/C=C/C(C)=N. The predicted octanol–water partition coefficient (Wildman–Crippen LogP) is 0.691. The molecule has 0 bridgehead atoms. The fourth-order valence-corrected chi connectivity index (χ4v) is 0.602. The molecule has 2 N–H and O–H groups in total. The van der Waals surface area contributed by atoms with E-state index in [1.54, 1.807) is 13.0 Å². The smallest absolute Gasteiger partial charge is 0.0297 e. The highest BCUT2D eigenvalue weighted by Gasteiger charge is 1.87. The number of hydrogen-bond donors (Lipinski definition) is 2. The summed E-state index contributed by atoms with van der Waals surface area (Å²) in [5.41, 5.74) is 0.585. The summed E-state index contributed by atoms with van der Waals surface area (Å²) in [5, 5.41) is 10.2. The van der Waals surface area contributed by atoms with E-state index in [-0.39, 0.29) is 0 Å². The van der Waals surface area contributed by atoms with E-state index in [4.69, 9.17) is 5.41 Å². The molecule has 0 aliphatic carbocycles. The Bertz CT molecular complexity index is 140. The van der Waals surface area contributed by atoms with Crippen LogP contribution in [0.25, 0.3) is 0 Å². The zero-order valence-electron chi connectivity index (χ0n) is 7.52. The zero-order chi connectivity index (χ0) is 8.69. The fraction of sp³-hybridized carbons (Fsp3) is 0.625. The topological polar surface area (TPSA) is 39.1 Å². The first-order valence-corrected chi connectivity index (χ1v) is 3.75. The van der Waals surface area contributed by atoms with Crippen molar-refractivity contribution in [1.29, 1.82) is 5.41 Å². The van der Waals surface area contributed by atoms with Crippen molar-refractivity contribution in [2.45, 2.75) is 6.92 Å². The Labute approximate surface area is 68.6 Å². The molecule has 0 saturated carbocycles. The first kappa shape index (κ1) is 10.2.